The molecule has 2 fully saturated rings. The lowest BCUT2D eigenvalue weighted by molar-refractivity contribution is 0.126. The van der Waals surface area contributed by atoms with Crippen LogP contribution in [0.25, 0.3) is 0 Å². The molecule has 0 amide bonds. The molecule has 1 aromatic rings. The Morgan fingerprint density at radius 2 is 1.95 bits per heavy atom. The summed E-state index contributed by atoms with van der Waals surface area (Å²) in [5, 5.41) is 22.0. The van der Waals surface area contributed by atoms with E-state index in [1.54, 1.807) is 6.07 Å². The Morgan fingerprint density at radius 1 is 1.30 bits per heavy atom. The number of amidine groups is 1. The predicted octanol–water partition coefficient (Wildman–Crippen LogP) is 1.93. The SMILES string of the molecule is NC(=NO)c1ccc(N2C3CCC2CC(O)C3)cc1Cl. The third-order valence-corrected chi connectivity index (χ3v) is 4.66. The van der Waals surface area contributed by atoms with Crippen molar-refractivity contribution in [2.75, 3.05) is 4.90 Å². The van der Waals surface area contributed by atoms with Gasteiger partial charge in [0.2, 0.25) is 0 Å². The Hall–Kier alpha value is -1.46. The number of hydrogen-bond acceptors (Lipinski definition) is 4. The highest BCUT2D eigenvalue weighted by atomic mass is 35.5. The van der Waals surface area contributed by atoms with Gasteiger partial charge in [-0.3, -0.25) is 0 Å². The van der Waals surface area contributed by atoms with E-state index in [1.807, 2.05) is 12.1 Å². The zero-order valence-corrected chi connectivity index (χ0v) is 11.8. The summed E-state index contributed by atoms with van der Waals surface area (Å²) >= 11 is 6.22. The molecule has 0 aromatic heterocycles. The molecular weight excluding hydrogens is 278 g/mol. The van der Waals surface area contributed by atoms with Crippen LogP contribution in [0, 0.1) is 0 Å². The van der Waals surface area contributed by atoms with Crippen LogP contribution in [0.2, 0.25) is 5.02 Å². The van der Waals surface area contributed by atoms with Crippen LogP contribution in [0.1, 0.15) is 31.2 Å². The second kappa shape index (κ2) is 5.14. The fourth-order valence-corrected chi connectivity index (χ4v) is 3.77. The van der Waals surface area contributed by atoms with Gasteiger partial charge in [-0.25, -0.2) is 0 Å². The van der Waals surface area contributed by atoms with Gasteiger partial charge in [0, 0.05) is 23.3 Å². The second-order valence-electron chi connectivity index (χ2n) is 5.57. The number of oxime groups is 1. The van der Waals surface area contributed by atoms with Crippen LogP contribution in [0.15, 0.2) is 23.4 Å². The van der Waals surface area contributed by atoms with Gasteiger partial charge in [-0.1, -0.05) is 16.8 Å². The molecule has 2 aliphatic heterocycles. The van der Waals surface area contributed by atoms with Gasteiger partial charge in [0.1, 0.15) is 0 Å². The maximum Gasteiger partial charge on any atom is 0.171 e. The Morgan fingerprint density at radius 3 is 2.50 bits per heavy atom. The lowest BCUT2D eigenvalue weighted by atomic mass is 9.99. The fourth-order valence-electron chi connectivity index (χ4n) is 3.50. The summed E-state index contributed by atoms with van der Waals surface area (Å²) < 4.78 is 0. The molecule has 6 heteroatoms. The monoisotopic (exact) mass is 295 g/mol. The normalized spacial score (nSPS) is 29.8. The standard InChI is InChI=1S/C14H18ClN3O2/c15-13-7-10(3-4-12(13)14(16)17-20)18-8-1-2-9(18)6-11(19)5-8/h3-4,7-9,11,19-20H,1-2,5-6H2,(H2,16,17). The molecule has 4 N–H and O–H groups in total. The molecular formula is C14H18ClN3O2. The van der Waals surface area contributed by atoms with Gasteiger partial charge in [-0.2, -0.15) is 0 Å². The summed E-state index contributed by atoms with van der Waals surface area (Å²) in [7, 11) is 0. The first-order valence-electron chi connectivity index (χ1n) is 6.84. The van der Waals surface area contributed by atoms with Gasteiger partial charge in [-0.15, -0.1) is 0 Å². The molecule has 0 spiro atoms. The number of aliphatic hydroxyl groups is 1. The number of nitrogens with zero attached hydrogens (tertiary/aromatic N) is 2. The number of benzene rings is 1. The van der Waals surface area contributed by atoms with E-state index in [0.29, 0.717) is 22.7 Å². The van der Waals surface area contributed by atoms with Crippen LogP contribution >= 0.6 is 11.6 Å². The van der Waals surface area contributed by atoms with Crippen molar-refractivity contribution >= 4 is 23.1 Å². The molecule has 108 valence electrons. The molecule has 2 aliphatic rings. The summed E-state index contributed by atoms with van der Waals surface area (Å²) in [4.78, 5) is 2.36. The number of nitrogens with two attached hydrogens (primary N) is 1. The lowest BCUT2D eigenvalue weighted by Gasteiger charge is -2.39. The Kier molecular flexibility index (Phi) is 3.48. The largest absolute Gasteiger partial charge is 0.409 e. The number of piperidine rings is 1. The van der Waals surface area contributed by atoms with Crippen molar-refractivity contribution in [3.8, 4) is 0 Å². The smallest absolute Gasteiger partial charge is 0.171 e. The van der Waals surface area contributed by atoms with E-state index in [2.05, 4.69) is 10.1 Å². The van der Waals surface area contributed by atoms with Crippen molar-refractivity contribution in [1.29, 1.82) is 0 Å². The highest BCUT2D eigenvalue weighted by Gasteiger charge is 2.40. The minimum absolute atomic E-state index is 0.0126. The molecule has 20 heavy (non-hydrogen) atoms. The minimum atomic E-state index is -0.185. The summed E-state index contributed by atoms with van der Waals surface area (Å²) in [6, 6.07) is 6.35. The number of hydrogen-bond donors (Lipinski definition) is 3. The molecule has 3 rings (SSSR count). The number of aliphatic hydroxyl groups excluding tert-OH is 1. The van der Waals surface area contributed by atoms with Crippen molar-refractivity contribution in [2.45, 2.75) is 43.9 Å². The molecule has 0 aliphatic carbocycles. The highest BCUT2D eigenvalue weighted by molar-refractivity contribution is 6.34. The van der Waals surface area contributed by atoms with E-state index in [0.717, 1.165) is 31.4 Å². The maximum atomic E-state index is 9.85. The lowest BCUT2D eigenvalue weighted by Crippen LogP contribution is -2.44. The van der Waals surface area contributed by atoms with Crippen molar-refractivity contribution in [3.63, 3.8) is 0 Å². The van der Waals surface area contributed by atoms with E-state index < -0.39 is 0 Å². The Bertz CT molecular complexity index is 535. The van der Waals surface area contributed by atoms with E-state index >= 15 is 0 Å². The van der Waals surface area contributed by atoms with Crippen LogP contribution in [-0.4, -0.2) is 34.3 Å². The van der Waals surface area contributed by atoms with E-state index in [9.17, 15) is 5.11 Å². The first kappa shape index (κ1) is 13.5. The zero-order valence-electron chi connectivity index (χ0n) is 11.0. The maximum absolute atomic E-state index is 9.85. The van der Waals surface area contributed by atoms with Crippen LogP contribution in [0.4, 0.5) is 5.69 Å². The van der Waals surface area contributed by atoms with Crippen molar-refractivity contribution in [3.05, 3.63) is 28.8 Å². The third-order valence-electron chi connectivity index (χ3n) is 4.34. The molecule has 0 saturated carbocycles. The van der Waals surface area contributed by atoms with Gasteiger partial charge >= 0.3 is 0 Å². The quantitative estimate of drug-likeness (QED) is 0.337. The van der Waals surface area contributed by atoms with Crippen LogP contribution < -0.4 is 10.6 Å². The third kappa shape index (κ3) is 2.21. The number of rotatable bonds is 2. The Labute approximate surface area is 122 Å². The molecule has 0 radical (unpaired) electrons. The Balaban J connectivity index is 1.90. The average Bonchev–Trinajstić information content (AvgIpc) is 2.70. The summed E-state index contributed by atoms with van der Waals surface area (Å²) in [5.41, 5.74) is 7.15. The van der Waals surface area contributed by atoms with Gasteiger partial charge in [0.05, 0.1) is 11.1 Å². The molecule has 2 atom stereocenters. The molecule has 2 unspecified atom stereocenters. The number of fused-ring (bicyclic) bond motifs is 2. The topological polar surface area (TPSA) is 82.1 Å². The fraction of sp³-hybridized carbons (Fsp3) is 0.500. The molecule has 2 heterocycles. The van der Waals surface area contributed by atoms with Crippen LogP contribution in [-0.2, 0) is 0 Å². The zero-order chi connectivity index (χ0) is 14.3. The van der Waals surface area contributed by atoms with Crippen LogP contribution in [0.5, 0.6) is 0 Å². The molecule has 2 saturated heterocycles. The minimum Gasteiger partial charge on any atom is -0.409 e. The summed E-state index contributed by atoms with van der Waals surface area (Å²) in [6.07, 6.45) is 3.67. The van der Waals surface area contributed by atoms with Gasteiger partial charge in [-0.05, 0) is 43.9 Å². The van der Waals surface area contributed by atoms with Gasteiger partial charge in [0.25, 0.3) is 0 Å². The van der Waals surface area contributed by atoms with Gasteiger partial charge in [0.15, 0.2) is 5.84 Å². The van der Waals surface area contributed by atoms with E-state index in [4.69, 9.17) is 22.5 Å². The average molecular weight is 296 g/mol. The summed E-state index contributed by atoms with van der Waals surface area (Å²) in [6.45, 7) is 0. The number of halogens is 1. The molecule has 2 bridgehead atoms. The van der Waals surface area contributed by atoms with Crippen molar-refractivity contribution in [2.24, 2.45) is 10.9 Å². The molecule has 1 aromatic carbocycles. The molecule has 5 nitrogen and oxygen atoms in total. The van der Waals surface area contributed by atoms with Gasteiger partial charge < -0.3 is 20.9 Å². The summed E-state index contributed by atoms with van der Waals surface area (Å²) in [5.74, 6) is 0.0126. The van der Waals surface area contributed by atoms with E-state index in [1.165, 1.54) is 0 Å². The number of anilines is 1. The van der Waals surface area contributed by atoms with Crippen molar-refractivity contribution in [1.82, 2.24) is 0 Å². The van der Waals surface area contributed by atoms with Crippen molar-refractivity contribution < 1.29 is 10.3 Å². The first-order valence-corrected chi connectivity index (χ1v) is 7.21. The highest BCUT2D eigenvalue weighted by Crippen LogP contribution is 2.40. The predicted molar refractivity (Wildman–Crippen MR) is 78.5 cm³/mol. The van der Waals surface area contributed by atoms with Crippen LogP contribution in [0.3, 0.4) is 0 Å². The van der Waals surface area contributed by atoms with E-state index in [-0.39, 0.29) is 11.9 Å². The first-order chi connectivity index (χ1) is 9.60. The second-order valence-corrected chi connectivity index (χ2v) is 5.97.